The van der Waals surface area contributed by atoms with E-state index in [1.165, 1.54) is 30.2 Å². The van der Waals surface area contributed by atoms with Crippen LogP contribution in [-0.4, -0.2) is 44.7 Å². The molecule has 2 aliphatic rings. The number of anilines is 1. The molecule has 3 N–H and O–H groups in total. The summed E-state index contributed by atoms with van der Waals surface area (Å²) in [7, 11) is 0. The Balaban J connectivity index is 1.45. The maximum absolute atomic E-state index is 12.7. The first kappa shape index (κ1) is 19.9. The molecule has 27 heavy (non-hydrogen) atoms. The van der Waals surface area contributed by atoms with Crippen LogP contribution in [0.3, 0.4) is 0 Å². The Morgan fingerprint density at radius 2 is 1.96 bits per heavy atom. The molecule has 150 valence electrons. The maximum atomic E-state index is 12.7. The minimum Gasteiger partial charge on any atom is -0.348 e. The molecule has 2 atom stereocenters. The zero-order valence-corrected chi connectivity index (χ0v) is 15.7. The van der Waals surface area contributed by atoms with Crippen LogP contribution in [0.2, 0.25) is 0 Å². The third-order valence-electron chi connectivity index (χ3n) is 5.80. The largest absolute Gasteiger partial charge is 0.419 e. The zero-order chi connectivity index (χ0) is 19.4. The monoisotopic (exact) mass is 386 g/mol. The van der Waals surface area contributed by atoms with Crippen LogP contribution in [0.15, 0.2) is 18.3 Å². The SMILES string of the molecule is C[C@H]1CCCC[C@@H]1NC(=O)C[NH+]1CCN(c2ccc(C(F)(F)F)c[nH+]2)CC1. The van der Waals surface area contributed by atoms with E-state index < -0.39 is 11.7 Å². The van der Waals surface area contributed by atoms with Crippen molar-refractivity contribution >= 4 is 11.7 Å². The molecule has 0 radical (unpaired) electrons. The summed E-state index contributed by atoms with van der Waals surface area (Å²) in [6.07, 6.45) is 1.36. The van der Waals surface area contributed by atoms with E-state index >= 15 is 0 Å². The van der Waals surface area contributed by atoms with Gasteiger partial charge < -0.3 is 10.2 Å². The number of rotatable bonds is 4. The molecular formula is C19H29F3N4O+2. The van der Waals surface area contributed by atoms with E-state index in [9.17, 15) is 18.0 Å². The molecule has 1 saturated carbocycles. The topological polar surface area (TPSA) is 50.9 Å². The van der Waals surface area contributed by atoms with Gasteiger partial charge in [-0.05, 0) is 24.8 Å². The number of aromatic nitrogens is 1. The first-order chi connectivity index (χ1) is 12.8. The van der Waals surface area contributed by atoms with Crippen molar-refractivity contribution in [3.05, 3.63) is 23.9 Å². The molecule has 3 rings (SSSR count). The number of carbonyl (C=O) groups is 1. The van der Waals surface area contributed by atoms with Crippen molar-refractivity contribution in [2.75, 3.05) is 37.6 Å². The van der Waals surface area contributed by atoms with Crippen LogP contribution in [0.1, 0.15) is 38.2 Å². The first-order valence-electron chi connectivity index (χ1n) is 9.80. The van der Waals surface area contributed by atoms with Gasteiger partial charge in [0.15, 0.2) is 6.54 Å². The molecule has 0 aromatic carbocycles. The minimum absolute atomic E-state index is 0.110. The highest BCUT2D eigenvalue weighted by molar-refractivity contribution is 5.77. The number of nitrogens with one attached hydrogen (secondary N) is 3. The van der Waals surface area contributed by atoms with E-state index in [1.807, 2.05) is 4.90 Å². The molecule has 2 heterocycles. The van der Waals surface area contributed by atoms with Crippen molar-refractivity contribution in [3.63, 3.8) is 0 Å². The molecule has 1 aromatic heterocycles. The Kier molecular flexibility index (Phi) is 6.24. The molecule has 1 aliphatic heterocycles. The lowest BCUT2D eigenvalue weighted by atomic mass is 9.86. The summed E-state index contributed by atoms with van der Waals surface area (Å²) < 4.78 is 38.0. The van der Waals surface area contributed by atoms with Gasteiger partial charge in [0, 0.05) is 12.1 Å². The lowest BCUT2D eigenvalue weighted by molar-refractivity contribution is -0.892. The van der Waals surface area contributed by atoms with Gasteiger partial charge in [-0.2, -0.15) is 13.2 Å². The van der Waals surface area contributed by atoms with Crippen LogP contribution in [-0.2, 0) is 11.0 Å². The smallest absolute Gasteiger partial charge is 0.348 e. The molecule has 1 saturated heterocycles. The van der Waals surface area contributed by atoms with E-state index in [0.717, 1.165) is 31.8 Å². The molecule has 1 amide bonds. The number of aromatic amines is 1. The molecule has 8 heteroatoms. The van der Waals surface area contributed by atoms with Gasteiger partial charge in [0.1, 0.15) is 32.4 Å². The second kappa shape index (κ2) is 8.46. The van der Waals surface area contributed by atoms with Crippen LogP contribution >= 0.6 is 0 Å². The van der Waals surface area contributed by atoms with Crippen molar-refractivity contribution in [2.24, 2.45) is 5.92 Å². The average Bonchev–Trinajstić information content (AvgIpc) is 2.64. The summed E-state index contributed by atoms with van der Waals surface area (Å²) in [4.78, 5) is 18.3. The number of H-pyrrole nitrogens is 1. The molecule has 5 nitrogen and oxygen atoms in total. The van der Waals surface area contributed by atoms with Crippen LogP contribution in [0.4, 0.5) is 19.0 Å². The van der Waals surface area contributed by atoms with Crippen LogP contribution < -0.4 is 20.1 Å². The predicted octanol–water partition coefficient (Wildman–Crippen LogP) is 0.919. The standard InChI is InChI=1S/C19H27F3N4O/c1-14-4-2-3-5-16(14)24-18(27)13-25-8-10-26(11-9-25)17-7-6-15(12-23-17)19(20,21)22/h6-7,12,14,16H,2-5,8-11,13H2,1H3,(H,24,27)/p+2/t14-,16-/m0/s1. The number of nitrogens with zero attached hydrogens (tertiary/aromatic N) is 1. The van der Waals surface area contributed by atoms with Crippen molar-refractivity contribution in [1.82, 2.24) is 5.32 Å². The molecule has 0 unspecified atom stereocenters. The van der Waals surface area contributed by atoms with E-state index in [0.29, 0.717) is 37.4 Å². The number of pyridine rings is 1. The lowest BCUT2D eigenvalue weighted by Crippen LogP contribution is -3.16. The molecule has 0 bridgehead atoms. The Morgan fingerprint density at radius 3 is 2.56 bits per heavy atom. The quantitative estimate of drug-likeness (QED) is 0.809. The van der Waals surface area contributed by atoms with Crippen molar-refractivity contribution in [3.8, 4) is 0 Å². The summed E-state index contributed by atoms with van der Waals surface area (Å²) in [5, 5.41) is 3.19. The highest BCUT2D eigenvalue weighted by Gasteiger charge is 2.33. The Bertz CT molecular complexity index is 627. The molecule has 1 aliphatic carbocycles. The number of hydrogen-bond donors (Lipinski definition) is 2. The van der Waals surface area contributed by atoms with Gasteiger partial charge in [0.05, 0.1) is 5.56 Å². The second-order valence-corrected chi connectivity index (χ2v) is 7.81. The number of carbonyl (C=O) groups excluding carboxylic acids is 1. The normalized spacial score (nSPS) is 24.7. The highest BCUT2D eigenvalue weighted by Crippen LogP contribution is 2.28. The first-order valence-corrected chi connectivity index (χ1v) is 9.80. The van der Waals surface area contributed by atoms with Gasteiger partial charge >= 0.3 is 6.18 Å². The summed E-state index contributed by atoms with van der Waals surface area (Å²) in [5.41, 5.74) is -0.677. The fraction of sp³-hybridized carbons (Fsp3) is 0.684. The fourth-order valence-corrected chi connectivity index (χ4v) is 4.05. The highest BCUT2D eigenvalue weighted by atomic mass is 19.4. The van der Waals surface area contributed by atoms with Gasteiger partial charge in [0.2, 0.25) is 0 Å². The minimum atomic E-state index is -4.33. The zero-order valence-electron chi connectivity index (χ0n) is 15.7. The Morgan fingerprint density at radius 1 is 1.26 bits per heavy atom. The van der Waals surface area contributed by atoms with Gasteiger partial charge in [0.25, 0.3) is 11.7 Å². The van der Waals surface area contributed by atoms with Crippen molar-refractivity contribution in [2.45, 2.75) is 44.8 Å². The van der Waals surface area contributed by atoms with Crippen molar-refractivity contribution in [1.29, 1.82) is 0 Å². The lowest BCUT2D eigenvalue weighted by Gasteiger charge is -2.31. The van der Waals surface area contributed by atoms with Gasteiger partial charge in [-0.1, -0.05) is 19.8 Å². The Hall–Kier alpha value is -1.83. The van der Waals surface area contributed by atoms with Crippen LogP contribution in [0.5, 0.6) is 0 Å². The van der Waals surface area contributed by atoms with Crippen LogP contribution in [0.25, 0.3) is 0 Å². The Labute approximate surface area is 157 Å². The van der Waals surface area contributed by atoms with Crippen molar-refractivity contribution < 1.29 is 27.8 Å². The number of alkyl halides is 3. The van der Waals surface area contributed by atoms with Gasteiger partial charge in [-0.25, -0.2) is 4.98 Å². The summed E-state index contributed by atoms with van der Waals surface area (Å²) in [6.45, 7) is 5.68. The second-order valence-electron chi connectivity index (χ2n) is 7.81. The number of piperazine rings is 1. The van der Waals surface area contributed by atoms with E-state index in [4.69, 9.17) is 0 Å². The molecular weight excluding hydrogens is 357 g/mol. The number of quaternary nitrogens is 1. The molecule has 2 fully saturated rings. The summed E-state index contributed by atoms with van der Waals surface area (Å²) in [5.74, 6) is 1.34. The maximum Gasteiger partial charge on any atom is 0.419 e. The molecule has 0 spiro atoms. The van der Waals surface area contributed by atoms with E-state index in [2.05, 4.69) is 17.2 Å². The predicted molar refractivity (Wildman–Crippen MR) is 95.3 cm³/mol. The number of halogens is 3. The number of hydrogen-bond acceptors (Lipinski definition) is 2. The fourth-order valence-electron chi connectivity index (χ4n) is 4.05. The summed E-state index contributed by atoms with van der Waals surface area (Å²) in [6, 6.07) is 2.88. The van der Waals surface area contributed by atoms with Crippen LogP contribution in [0, 0.1) is 5.92 Å². The molecule has 1 aromatic rings. The third-order valence-corrected chi connectivity index (χ3v) is 5.80. The van der Waals surface area contributed by atoms with Gasteiger partial charge in [-0.15, -0.1) is 0 Å². The average molecular weight is 386 g/mol. The summed E-state index contributed by atoms with van der Waals surface area (Å²) >= 11 is 0. The third kappa shape index (κ3) is 5.34. The van der Waals surface area contributed by atoms with Gasteiger partial charge in [-0.3, -0.25) is 9.69 Å². The van der Waals surface area contributed by atoms with E-state index in [1.54, 1.807) is 0 Å². The van der Waals surface area contributed by atoms with E-state index in [-0.39, 0.29) is 5.91 Å². The number of amides is 1.